The van der Waals surface area contributed by atoms with E-state index in [1.807, 2.05) is 19.4 Å². The van der Waals surface area contributed by atoms with Gasteiger partial charge in [-0.15, -0.1) is 11.5 Å². The van der Waals surface area contributed by atoms with E-state index in [4.69, 9.17) is 16.6 Å². The molecule has 1 radical (unpaired) electrons. The summed E-state index contributed by atoms with van der Waals surface area (Å²) in [7, 11) is 0. The molecule has 1 heterocycles. The second-order valence-electron chi connectivity index (χ2n) is 4.47. The Labute approximate surface area is 111 Å². The molecule has 0 aliphatic carbocycles. The molecule has 1 aliphatic rings. The first kappa shape index (κ1) is 15.8. The molecule has 0 aromatic heterocycles. The summed E-state index contributed by atoms with van der Waals surface area (Å²) >= 11 is 0. The SMILES string of the molecule is CC(C)C1C(=O)N(CCO[NH])C(=O)N1CCONN. The number of nitrogens with zero attached hydrogens (tertiary/aromatic N) is 2. The molecule has 9 nitrogen and oxygen atoms in total. The number of carbonyl (C=O) groups is 2. The van der Waals surface area contributed by atoms with Gasteiger partial charge in [-0.05, 0) is 5.92 Å². The largest absolute Gasteiger partial charge is 0.327 e. The van der Waals surface area contributed by atoms with E-state index in [0.717, 1.165) is 4.90 Å². The Morgan fingerprint density at radius 2 is 2.05 bits per heavy atom. The van der Waals surface area contributed by atoms with E-state index in [9.17, 15) is 9.59 Å². The van der Waals surface area contributed by atoms with Crippen molar-refractivity contribution in [2.75, 3.05) is 26.3 Å². The summed E-state index contributed by atoms with van der Waals surface area (Å²) in [4.78, 5) is 35.8. The lowest BCUT2D eigenvalue weighted by Gasteiger charge is -2.23. The maximum absolute atomic E-state index is 12.2. The van der Waals surface area contributed by atoms with Gasteiger partial charge >= 0.3 is 6.03 Å². The Bertz CT molecular complexity index is 325. The van der Waals surface area contributed by atoms with Gasteiger partial charge in [0.15, 0.2) is 0 Å². The third-order valence-corrected chi connectivity index (χ3v) is 2.90. The molecule has 0 aromatic carbocycles. The van der Waals surface area contributed by atoms with Gasteiger partial charge in [0.1, 0.15) is 6.04 Å². The highest BCUT2D eigenvalue weighted by Gasteiger charge is 2.45. The number of nitrogens with one attached hydrogen (secondary N) is 2. The zero-order valence-electron chi connectivity index (χ0n) is 11.1. The van der Waals surface area contributed by atoms with E-state index < -0.39 is 6.04 Å². The molecule has 9 heteroatoms. The van der Waals surface area contributed by atoms with Crippen LogP contribution in [0.25, 0.3) is 0 Å². The molecule has 1 unspecified atom stereocenters. The van der Waals surface area contributed by atoms with Crippen molar-refractivity contribution in [3.8, 4) is 0 Å². The van der Waals surface area contributed by atoms with Crippen LogP contribution in [0.2, 0.25) is 0 Å². The molecule has 0 spiro atoms. The van der Waals surface area contributed by atoms with Crippen molar-refractivity contribution in [2.24, 2.45) is 11.8 Å². The van der Waals surface area contributed by atoms with Gasteiger partial charge in [0.2, 0.25) is 0 Å². The standard InChI is InChI=1S/C10H20N5O4/c1-7(2)8-9(16)15(3-5-18-12)10(17)14(8)4-6-19-13-11/h7-8,12-13H,3-6,11H2,1-2H3. The van der Waals surface area contributed by atoms with Crippen LogP contribution in [0.5, 0.6) is 0 Å². The average Bonchev–Trinajstić information content (AvgIpc) is 2.59. The zero-order chi connectivity index (χ0) is 14.4. The lowest BCUT2D eigenvalue weighted by Crippen LogP contribution is -2.41. The van der Waals surface area contributed by atoms with E-state index in [1.54, 1.807) is 0 Å². The lowest BCUT2D eigenvalue weighted by atomic mass is 10.0. The summed E-state index contributed by atoms with van der Waals surface area (Å²) in [5.74, 6) is 11.3. The minimum Gasteiger partial charge on any atom is -0.310 e. The van der Waals surface area contributed by atoms with Crippen molar-refractivity contribution < 1.29 is 19.3 Å². The number of hydrazine groups is 1. The molecule has 109 valence electrons. The minimum absolute atomic E-state index is 0.00299. The molecule has 1 atom stereocenters. The molecule has 1 aliphatic heterocycles. The Kier molecular flexibility index (Phi) is 6.12. The minimum atomic E-state index is -0.514. The van der Waals surface area contributed by atoms with Crippen molar-refractivity contribution in [1.29, 1.82) is 0 Å². The van der Waals surface area contributed by atoms with Gasteiger partial charge in [-0.1, -0.05) is 13.8 Å². The van der Waals surface area contributed by atoms with Crippen molar-refractivity contribution in [3.63, 3.8) is 0 Å². The second kappa shape index (κ2) is 7.36. The number of carbonyl (C=O) groups excluding carboxylic acids is 2. The summed E-state index contributed by atoms with van der Waals surface area (Å²) in [6.45, 7) is 4.26. The molecule has 19 heavy (non-hydrogen) atoms. The fourth-order valence-corrected chi connectivity index (χ4v) is 2.09. The van der Waals surface area contributed by atoms with E-state index in [2.05, 4.69) is 4.84 Å². The number of urea groups is 1. The van der Waals surface area contributed by atoms with Crippen LogP contribution in [0.15, 0.2) is 0 Å². The predicted octanol–water partition coefficient (Wildman–Crippen LogP) is -1.12. The molecular weight excluding hydrogens is 254 g/mol. The fraction of sp³-hybridized carbons (Fsp3) is 0.800. The van der Waals surface area contributed by atoms with Gasteiger partial charge in [-0.2, -0.15) is 0 Å². The number of imide groups is 1. The first-order valence-electron chi connectivity index (χ1n) is 6.02. The van der Waals surface area contributed by atoms with Crippen molar-refractivity contribution in [3.05, 3.63) is 0 Å². The molecule has 0 aromatic rings. The van der Waals surface area contributed by atoms with Crippen LogP contribution in [0, 0.1) is 5.92 Å². The Hall–Kier alpha value is -1.26. The number of nitrogens with two attached hydrogens (primary N) is 1. The Morgan fingerprint density at radius 1 is 1.37 bits per heavy atom. The summed E-state index contributed by atoms with van der Waals surface area (Å²) < 4.78 is 0. The third kappa shape index (κ3) is 3.61. The number of amides is 3. The van der Waals surface area contributed by atoms with Gasteiger partial charge in [0, 0.05) is 6.54 Å². The topological polar surface area (TPSA) is 121 Å². The fourth-order valence-electron chi connectivity index (χ4n) is 2.09. The smallest absolute Gasteiger partial charge is 0.310 e. The Morgan fingerprint density at radius 3 is 2.58 bits per heavy atom. The molecule has 4 N–H and O–H groups in total. The lowest BCUT2D eigenvalue weighted by molar-refractivity contribution is -0.130. The van der Waals surface area contributed by atoms with E-state index >= 15 is 0 Å². The second-order valence-corrected chi connectivity index (χ2v) is 4.47. The molecule has 3 amide bonds. The van der Waals surface area contributed by atoms with E-state index in [1.165, 1.54) is 4.90 Å². The molecule has 0 saturated carbocycles. The predicted molar refractivity (Wildman–Crippen MR) is 64.8 cm³/mol. The maximum Gasteiger partial charge on any atom is 0.327 e. The van der Waals surface area contributed by atoms with Crippen LogP contribution < -0.4 is 17.3 Å². The van der Waals surface area contributed by atoms with Crippen LogP contribution in [0.1, 0.15) is 13.8 Å². The molecule has 1 saturated heterocycles. The van der Waals surface area contributed by atoms with Crippen LogP contribution in [-0.4, -0.2) is 54.1 Å². The number of hydrogen-bond acceptors (Lipinski definition) is 6. The van der Waals surface area contributed by atoms with Gasteiger partial charge in [0.05, 0.1) is 19.8 Å². The third-order valence-electron chi connectivity index (χ3n) is 2.90. The highest BCUT2D eigenvalue weighted by Crippen LogP contribution is 2.23. The van der Waals surface area contributed by atoms with Crippen LogP contribution in [0.3, 0.4) is 0 Å². The zero-order valence-corrected chi connectivity index (χ0v) is 11.1. The van der Waals surface area contributed by atoms with Crippen molar-refractivity contribution in [1.82, 2.24) is 21.3 Å². The number of hydrogen-bond donors (Lipinski definition) is 2. The quantitative estimate of drug-likeness (QED) is 0.250. The summed E-state index contributed by atoms with van der Waals surface area (Å²) in [5.41, 5.74) is 2.03. The van der Waals surface area contributed by atoms with Gasteiger partial charge in [-0.3, -0.25) is 19.4 Å². The average molecular weight is 274 g/mol. The summed E-state index contributed by atoms with van der Waals surface area (Å²) in [6, 6.07) is -0.902. The number of rotatable bonds is 8. The van der Waals surface area contributed by atoms with Gasteiger partial charge in [-0.25, -0.2) is 10.6 Å². The van der Waals surface area contributed by atoms with Crippen LogP contribution in [-0.2, 0) is 14.5 Å². The summed E-state index contributed by atoms with van der Waals surface area (Å²) in [6.07, 6.45) is 0. The highest BCUT2D eigenvalue weighted by atomic mass is 16.7. The van der Waals surface area contributed by atoms with Crippen molar-refractivity contribution in [2.45, 2.75) is 19.9 Å². The Balaban J connectivity index is 2.75. The highest BCUT2D eigenvalue weighted by molar-refractivity contribution is 6.04. The molecule has 1 rings (SSSR count). The van der Waals surface area contributed by atoms with Gasteiger partial charge in [0.25, 0.3) is 5.91 Å². The first-order valence-corrected chi connectivity index (χ1v) is 6.02. The monoisotopic (exact) mass is 274 g/mol. The van der Waals surface area contributed by atoms with E-state index in [-0.39, 0.29) is 44.2 Å². The van der Waals surface area contributed by atoms with E-state index in [0.29, 0.717) is 0 Å². The van der Waals surface area contributed by atoms with Crippen molar-refractivity contribution >= 4 is 11.9 Å². The first-order chi connectivity index (χ1) is 9.04. The molecule has 1 fully saturated rings. The maximum atomic E-state index is 12.2. The summed E-state index contributed by atoms with van der Waals surface area (Å²) in [5, 5.41) is 0. The van der Waals surface area contributed by atoms with Gasteiger partial charge < -0.3 is 4.90 Å². The molecule has 0 bridgehead atoms. The molecular formula is C10H20N5O4. The van der Waals surface area contributed by atoms with Crippen LogP contribution in [0.4, 0.5) is 4.79 Å². The van der Waals surface area contributed by atoms with Crippen LogP contribution >= 0.6 is 0 Å². The normalized spacial score (nSPS) is 19.9.